The Bertz CT molecular complexity index is 683. The Morgan fingerprint density at radius 2 is 2.09 bits per heavy atom. The first-order valence-electron chi connectivity index (χ1n) is 7.83. The van der Waals surface area contributed by atoms with Gasteiger partial charge >= 0.3 is 0 Å². The first-order chi connectivity index (χ1) is 11.0. The van der Waals surface area contributed by atoms with Crippen molar-refractivity contribution in [1.82, 2.24) is 9.80 Å². The van der Waals surface area contributed by atoms with E-state index >= 15 is 0 Å². The molecule has 1 aliphatic rings. The van der Waals surface area contributed by atoms with Crippen LogP contribution in [-0.4, -0.2) is 35.8 Å². The van der Waals surface area contributed by atoms with Gasteiger partial charge in [0, 0.05) is 25.0 Å². The van der Waals surface area contributed by atoms with Gasteiger partial charge in [0.05, 0.1) is 12.6 Å². The molecule has 3 nitrogen and oxygen atoms in total. The zero-order valence-electron chi connectivity index (χ0n) is 13.5. The van der Waals surface area contributed by atoms with Gasteiger partial charge in [-0.2, -0.15) is 0 Å². The fraction of sp³-hybridized carbons (Fsp3) is 0.389. The quantitative estimate of drug-likeness (QED) is 0.856. The second kappa shape index (κ2) is 6.81. The summed E-state index contributed by atoms with van der Waals surface area (Å²) in [5.74, 6) is -0.157. The second-order valence-electron chi connectivity index (χ2n) is 6.06. The molecule has 0 saturated heterocycles. The van der Waals surface area contributed by atoms with E-state index in [-0.39, 0.29) is 17.8 Å². The van der Waals surface area contributed by atoms with Crippen LogP contribution in [0.15, 0.2) is 35.7 Å². The highest BCUT2D eigenvalue weighted by Gasteiger charge is 2.23. The molecule has 1 amide bonds. The van der Waals surface area contributed by atoms with E-state index in [1.54, 1.807) is 28.4 Å². The van der Waals surface area contributed by atoms with Crippen molar-refractivity contribution in [3.8, 4) is 0 Å². The van der Waals surface area contributed by atoms with Crippen LogP contribution in [0.4, 0.5) is 4.39 Å². The van der Waals surface area contributed by atoms with Crippen LogP contribution in [0, 0.1) is 5.82 Å². The van der Waals surface area contributed by atoms with E-state index in [9.17, 15) is 9.18 Å². The molecule has 1 aromatic carbocycles. The maximum Gasteiger partial charge on any atom is 0.237 e. The van der Waals surface area contributed by atoms with Crippen molar-refractivity contribution in [2.45, 2.75) is 25.9 Å². The van der Waals surface area contributed by atoms with Gasteiger partial charge in [0.1, 0.15) is 5.82 Å². The zero-order chi connectivity index (χ0) is 16.4. The van der Waals surface area contributed by atoms with Crippen molar-refractivity contribution in [2.75, 3.05) is 20.1 Å². The van der Waals surface area contributed by atoms with Crippen LogP contribution in [0.3, 0.4) is 0 Å². The summed E-state index contributed by atoms with van der Waals surface area (Å²) < 4.78 is 13.0. The van der Waals surface area contributed by atoms with Crippen LogP contribution >= 0.6 is 11.3 Å². The lowest BCUT2D eigenvalue weighted by molar-refractivity contribution is -0.133. The topological polar surface area (TPSA) is 23.6 Å². The lowest BCUT2D eigenvalue weighted by Gasteiger charge is -2.31. The second-order valence-corrected chi connectivity index (χ2v) is 7.06. The Hall–Kier alpha value is -1.72. The molecule has 0 spiro atoms. The van der Waals surface area contributed by atoms with Crippen molar-refractivity contribution >= 4 is 17.2 Å². The third kappa shape index (κ3) is 3.62. The number of thiophene rings is 1. The van der Waals surface area contributed by atoms with E-state index in [4.69, 9.17) is 0 Å². The highest BCUT2D eigenvalue weighted by molar-refractivity contribution is 7.10. The van der Waals surface area contributed by atoms with Crippen LogP contribution in [0.1, 0.15) is 29.0 Å². The molecule has 0 aliphatic carbocycles. The van der Waals surface area contributed by atoms with Gasteiger partial charge in [0.2, 0.25) is 5.91 Å². The summed E-state index contributed by atoms with van der Waals surface area (Å²) in [6.45, 7) is 4.18. The fourth-order valence-corrected chi connectivity index (χ4v) is 3.82. The summed E-state index contributed by atoms with van der Waals surface area (Å²) in [7, 11) is 1.82. The van der Waals surface area contributed by atoms with Crippen molar-refractivity contribution in [1.29, 1.82) is 0 Å². The van der Waals surface area contributed by atoms with Crippen molar-refractivity contribution < 1.29 is 9.18 Å². The van der Waals surface area contributed by atoms with Crippen molar-refractivity contribution in [2.24, 2.45) is 0 Å². The molecule has 2 aromatic rings. The van der Waals surface area contributed by atoms with E-state index in [0.717, 1.165) is 25.1 Å². The molecule has 0 saturated carbocycles. The molecular formula is C18H21FN2OS. The number of halogens is 1. The predicted octanol–water partition coefficient (Wildman–Crippen LogP) is 3.46. The summed E-state index contributed by atoms with van der Waals surface area (Å²) in [4.78, 5) is 17.9. The van der Waals surface area contributed by atoms with E-state index < -0.39 is 0 Å². The molecule has 1 atom stereocenters. The van der Waals surface area contributed by atoms with Gasteiger partial charge in [0.25, 0.3) is 0 Å². The third-order valence-corrected chi connectivity index (χ3v) is 5.60. The maximum absolute atomic E-state index is 13.0. The van der Waals surface area contributed by atoms with Gasteiger partial charge in [-0.15, -0.1) is 11.3 Å². The number of nitrogens with zero attached hydrogens (tertiary/aromatic N) is 2. The van der Waals surface area contributed by atoms with Gasteiger partial charge in [-0.25, -0.2) is 4.39 Å². The summed E-state index contributed by atoms with van der Waals surface area (Å²) >= 11 is 1.80. The number of carbonyl (C=O) groups excluding carboxylic acids is 1. The lowest BCUT2D eigenvalue weighted by Crippen LogP contribution is -2.41. The molecule has 3 rings (SSSR count). The van der Waals surface area contributed by atoms with Crippen molar-refractivity contribution in [3.05, 3.63) is 57.5 Å². The monoisotopic (exact) mass is 332 g/mol. The molecule has 122 valence electrons. The smallest absolute Gasteiger partial charge is 0.237 e. The number of carbonyl (C=O) groups is 1. The number of benzene rings is 1. The molecular weight excluding hydrogens is 311 g/mol. The molecule has 1 aromatic heterocycles. The number of likely N-dealkylation sites (N-methyl/N-ethyl adjacent to an activating group) is 1. The van der Waals surface area contributed by atoms with Gasteiger partial charge < -0.3 is 4.90 Å². The maximum atomic E-state index is 13.0. The van der Waals surface area contributed by atoms with Gasteiger partial charge in [-0.05, 0) is 48.1 Å². The molecule has 1 unspecified atom stereocenters. The number of amides is 1. The van der Waals surface area contributed by atoms with Crippen LogP contribution in [-0.2, 0) is 17.8 Å². The average Bonchev–Trinajstić information content (AvgIpc) is 3.01. The van der Waals surface area contributed by atoms with E-state index in [1.807, 2.05) is 14.0 Å². The minimum atomic E-state index is -0.255. The normalized spacial score (nSPS) is 16.0. The Kier molecular flexibility index (Phi) is 4.78. The van der Waals surface area contributed by atoms with Crippen LogP contribution < -0.4 is 0 Å². The summed E-state index contributed by atoms with van der Waals surface area (Å²) in [5, 5.41) is 2.12. The minimum Gasteiger partial charge on any atom is -0.338 e. The van der Waals surface area contributed by atoms with Crippen LogP contribution in [0.25, 0.3) is 0 Å². The number of fused-ring (bicyclic) bond motifs is 1. The SMILES string of the molecule is CC(c1ccc(F)cc1)N(C)C(=O)CN1CCc2sccc2C1. The molecule has 0 radical (unpaired) electrons. The Balaban J connectivity index is 1.60. The van der Waals surface area contributed by atoms with Gasteiger partial charge in [-0.1, -0.05) is 12.1 Å². The Morgan fingerprint density at radius 1 is 1.35 bits per heavy atom. The summed E-state index contributed by atoms with van der Waals surface area (Å²) in [6.07, 6.45) is 1.03. The molecule has 0 fully saturated rings. The highest BCUT2D eigenvalue weighted by Crippen LogP contribution is 2.24. The molecule has 5 heteroatoms. The largest absolute Gasteiger partial charge is 0.338 e. The number of hydrogen-bond donors (Lipinski definition) is 0. The average molecular weight is 332 g/mol. The highest BCUT2D eigenvalue weighted by atomic mass is 32.1. The summed E-state index contributed by atoms with van der Waals surface area (Å²) in [5.41, 5.74) is 2.30. The first-order valence-corrected chi connectivity index (χ1v) is 8.71. The lowest BCUT2D eigenvalue weighted by atomic mass is 10.1. The summed E-state index contributed by atoms with van der Waals surface area (Å²) in [6, 6.07) is 8.44. The Labute approximate surface area is 140 Å². The van der Waals surface area contributed by atoms with Gasteiger partial charge in [0.15, 0.2) is 0 Å². The van der Waals surface area contributed by atoms with Crippen LogP contribution in [0.5, 0.6) is 0 Å². The first kappa shape index (κ1) is 16.1. The molecule has 0 N–H and O–H groups in total. The van der Waals surface area contributed by atoms with Crippen LogP contribution in [0.2, 0.25) is 0 Å². The molecule has 0 bridgehead atoms. The number of rotatable bonds is 4. The molecule has 1 aliphatic heterocycles. The van der Waals surface area contributed by atoms with E-state index in [2.05, 4.69) is 16.3 Å². The van der Waals surface area contributed by atoms with Crippen molar-refractivity contribution in [3.63, 3.8) is 0 Å². The van der Waals surface area contributed by atoms with Gasteiger partial charge in [-0.3, -0.25) is 9.69 Å². The minimum absolute atomic E-state index is 0.0652. The number of hydrogen-bond acceptors (Lipinski definition) is 3. The fourth-order valence-electron chi connectivity index (χ4n) is 2.93. The predicted molar refractivity (Wildman–Crippen MR) is 90.9 cm³/mol. The standard InChI is InChI=1S/C18H21FN2OS/c1-13(14-3-5-16(19)6-4-14)20(2)18(22)12-21-9-7-17-15(11-21)8-10-23-17/h3-6,8,10,13H,7,9,11-12H2,1-2H3. The van der Waals surface area contributed by atoms with E-state index in [0.29, 0.717) is 6.54 Å². The zero-order valence-corrected chi connectivity index (χ0v) is 14.3. The van der Waals surface area contributed by atoms with E-state index in [1.165, 1.54) is 22.6 Å². The molecule has 2 heterocycles. The molecule has 23 heavy (non-hydrogen) atoms. The third-order valence-electron chi connectivity index (χ3n) is 4.57. The Morgan fingerprint density at radius 3 is 2.83 bits per heavy atom.